The van der Waals surface area contributed by atoms with E-state index in [4.69, 9.17) is 9.15 Å². The summed E-state index contributed by atoms with van der Waals surface area (Å²) in [6, 6.07) is 34.1. The molecule has 0 spiro atoms. The van der Waals surface area contributed by atoms with Crippen LogP contribution in [0.3, 0.4) is 0 Å². The van der Waals surface area contributed by atoms with E-state index in [9.17, 15) is 0 Å². The molecule has 0 radical (unpaired) electrons. The van der Waals surface area contributed by atoms with Crippen LogP contribution in [0.15, 0.2) is 119 Å². The van der Waals surface area contributed by atoms with E-state index in [-0.39, 0.29) is 0 Å². The quantitative estimate of drug-likeness (QED) is 0.161. The molecule has 0 atom stereocenters. The topological polar surface area (TPSA) is 29.5 Å². The van der Waals surface area contributed by atoms with Crippen molar-refractivity contribution in [3.63, 3.8) is 0 Å². The molecule has 0 unspecified atom stereocenters. The molecule has 6 rings (SSSR count). The summed E-state index contributed by atoms with van der Waals surface area (Å²) in [5.74, 6) is 2.63. The standard InChI is InChI=1S/C38H39N2O2/c1-4-6-22-39-33-26-31(29-14-10-8-11-15-29)18-20-35(33)41-37(39)24-28(3)25-38-40(23-7-5-2)34-27-32(19-21-36(34)42-38)30-16-12-9-13-17-30/h8-21,24-27H,4-7,22-23H2,1-3H3/q+1. The molecular formula is C38H39N2O2+. The minimum Gasteiger partial charge on any atom is -0.439 e. The van der Waals surface area contributed by atoms with Crippen LogP contribution in [0.5, 0.6) is 5.75 Å². The molecule has 1 aromatic heterocycles. The van der Waals surface area contributed by atoms with Gasteiger partial charge >= 0.3 is 5.89 Å². The van der Waals surface area contributed by atoms with Crippen LogP contribution in [0.2, 0.25) is 0 Å². The average Bonchev–Trinajstić information content (AvgIpc) is 3.55. The van der Waals surface area contributed by atoms with Gasteiger partial charge in [-0.25, -0.2) is 0 Å². The number of rotatable bonds is 10. The van der Waals surface area contributed by atoms with E-state index >= 15 is 0 Å². The molecule has 4 nitrogen and oxygen atoms in total. The summed E-state index contributed by atoms with van der Waals surface area (Å²) in [6.45, 7) is 8.40. The molecule has 0 amide bonds. The fourth-order valence-electron chi connectivity index (χ4n) is 5.56. The summed E-state index contributed by atoms with van der Waals surface area (Å²) in [6.07, 6.45) is 8.70. The normalized spacial score (nSPS) is 14.0. The van der Waals surface area contributed by atoms with E-state index in [0.717, 1.165) is 78.7 Å². The highest BCUT2D eigenvalue weighted by molar-refractivity contribution is 5.79. The Morgan fingerprint density at radius 3 is 2.12 bits per heavy atom. The van der Waals surface area contributed by atoms with Gasteiger partial charge in [0.25, 0.3) is 5.52 Å². The van der Waals surface area contributed by atoms with E-state index in [0.29, 0.717) is 0 Å². The molecular weight excluding hydrogens is 516 g/mol. The van der Waals surface area contributed by atoms with Gasteiger partial charge < -0.3 is 14.1 Å². The first kappa shape index (κ1) is 27.6. The lowest BCUT2D eigenvalue weighted by Crippen LogP contribution is -2.35. The second-order valence-electron chi connectivity index (χ2n) is 11.0. The summed E-state index contributed by atoms with van der Waals surface area (Å²) in [5, 5.41) is 0. The van der Waals surface area contributed by atoms with Crippen molar-refractivity contribution in [2.45, 2.75) is 53.0 Å². The van der Waals surface area contributed by atoms with E-state index in [1.807, 2.05) is 0 Å². The predicted molar refractivity (Wildman–Crippen MR) is 173 cm³/mol. The lowest BCUT2D eigenvalue weighted by Gasteiger charge is -2.18. The Bertz CT molecular complexity index is 1730. The monoisotopic (exact) mass is 555 g/mol. The van der Waals surface area contributed by atoms with Crippen molar-refractivity contribution in [1.29, 1.82) is 0 Å². The number of oxazole rings is 1. The summed E-state index contributed by atoms with van der Waals surface area (Å²) in [5.41, 5.74) is 9.04. The molecule has 2 heterocycles. The first-order valence-electron chi connectivity index (χ1n) is 15.2. The third-order valence-electron chi connectivity index (χ3n) is 7.85. The van der Waals surface area contributed by atoms with Crippen LogP contribution in [0.25, 0.3) is 39.4 Å². The van der Waals surface area contributed by atoms with Gasteiger partial charge in [0, 0.05) is 25.1 Å². The molecule has 4 aromatic carbocycles. The number of fused-ring (bicyclic) bond motifs is 2. The molecule has 0 saturated carbocycles. The Kier molecular flexibility index (Phi) is 8.23. The average molecular weight is 556 g/mol. The molecule has 1 aliphatic heterocycles. The lowest BCUT2D eigenvalue weighted by atomic mass is 10.0. The van der Waals surface area contributed by atoms with Gasteiger partial charge in [0.1, 0.15) is 0 Å². The van der Waals surface area contributed by atoms with Gasteiger partial charge in [-0.05, 0) is 59.4 Å². The Labute approximate surface area is 249 Å². The predicted octanol–water partition coefficient (Wildman–Crippen LogP) is 9.80. The highest BCUT2D eigenvalue weighted by atomic mass is 16.5. The number of benzene rings is 4. The van der Waals surface area contributed by atoms with Crippen LogP contribution >= 0.6 is 0 Å². The van der Waals surface area contributed by atoms with Gasteiger partial charge in [-0.2, -0.15) is 4.57 Å². The highest BCUT2D eigenvalue weighted by Gasteiger charge is 2.27. The molecule has 212 valence electrons. The maximum Gasteiger partial charge on any atom is 0.374 e. The zero-order valence-corrected chi connectivity index (χ0v) is 24.8. The van der Waals surface area contributed by atoms with Crippen molar-refractivity contribution in [2.75, 3.05) is 11.4 Å². The Hall–Kier alpha value is -4.57. The number of hydrogen-bond donors (Lipinski definition) is 0. The van der Waals surface area contributed by atoms with Gasteiger partial charge in [0.05, 0.1) is 11.8 Å². The molecule has 0 saturated heterocycles. The number of hydrogen-bond acceptors (Lipinski definition) is 3. The second kappa shape index (κ2) is 12.5. The van der Waals surface area contributed by atoms with Crippen LogP contribution in [0.1, 0.15) is 52.3 Å². The fourth-order valence-corrected chi connectivity index (χ4v) is 5.56. The van der Waals surface area contributed by atoms with E-state index in [1.54, 1.807) is 0 Å². The molecule has 0 fully saturated rings. The molecule has 0 aliphatic carbocycles. The second-order valence-corrected chi connectivity index (χ2v) is 11.0. The van der Waals surface area contributed by atoms with E-state index in [2.05, 4.69) is 139 Å². The molecule has 42 heavy (non-hydrogen) atoms. The van der Waals surface area contributed by atoms with Gasteiger partial charge in [-0.15, -0.1) is 0 Å². The lowest BCUT2D eigenvalue weighted by molar-refractivity contribution is -0.678. The van der Waals surface area contributed by atoms with Gasteiger partial charge in [0.2, 0.25) is 11.5 Å². The smallest absolute Gasteiger partial charge is 0.374 e. The fraction of sp³-hybridized carbons (Fsp3) is 0.237. The third-order valence-corrected chi connectivity index (χ3v) is 7.85. The Morgan fingerprint density at radius 1 is 0.762 bits per heavy atom. The van der Waals surface area contributed by atoms with E-state index < -0.39 is 0 Å². The van der Waals surface area contributed by atoms with Crippen LogP contribution in [-0.4, -0.2) is 6.54 Å². The first-order chi connectivity index (χ1) is 20.6. The van der Waals surface area contributed by atoms with Gasteiger partial charge in [-0.3, -0.25) is 0 Å². The minimum absolute atomic E-state index is 0.861. The molecule has 5 aromatic rings. The van der Waals surface area contributed by atoms with Crippen molar-refractivity contribution in [1.82, 2.24) is 0 Å². The third kappa shape index (κ3) is 5.75. The Balaban J connectivity index is 1.35. The molecule has 4 heteroatoms. The maximum atomic E-state index is 6.44. The van der Waals surface area contributed by atoms with Crippen molar-refractivity contribution in [3.05, 3.63) is 120 Å². The van der Waals surface area contributed by atoms with E-state index in [1.165, 1.54) is 22.3 Å². The number of aryl methyl sites for hydroxylation is 1. The first-order valence-corrected chi connectivity index (χ1v) is 15.2. The van der Waals surface area contributed by atoms with Gasteiger partial charge in [-0.1, -0.05) is 99.5 Å². The number of aromatic nitrogens is 1. The maximum absolute atomic E-state index is 6.44. The van der Waals surface area contributed by atoms with Crippen LogP contribution in [0, 0.1) is 0 Å². The van der Waals surface area contributed by atoms with Crippen LogP contribution < -0.4 is 14.2 Å². The number of unbranched alkanes of at least 4 members (excludes halogenated alkanes) is 2. The minimum atomic E-state index is 0.861. The molecule has 0 N–H and O–H groups in total. The summed E-state index contributed by atoms with van der Waals surface area (Å²) < 4.78 is 15.2. The van der Waals surface area contributed by atoms with Crippen molar-refractivity contribution in [3.8, 4) is 28.0 Å². The zero-order chi connectivity index (χ0) is 28.9. The van der Waals surface area contributed by atoms with Crippen molar-refractivity contribution in [2.24, 2.45) is 0 Å². The molecule has 1 aliphatic rings. The Morgan fingerprint density at radius 2 is 1.43 bits per heavy atom. The summed E-state index contributed by atoms with van der Waals surface area (Å²) in [7, 11) is 0. The number of nitrogens with zero attached hydrogens (tertiary/aromatic N) is 2. The van der Waals surface area contributed by atoms with Crippen LogP contribution in [0.4, 0.5) is 5.69 Å². The zero-order valence-electron chi connectivity index (χ0n) is 24.8. The number of ether oxygens (including phenoxy) is 1. The SMILES string of the molecule is CCCCN1C(=CC(C)=Cc2oc3ccc(-c4ccccc4)cc3[n+]2CCCC)Oc2ccc(-c3ccccc3)cc21. The highest BCUT2D eigenvalue weighted by Crippen LogP contribution is 2.42. The molecule has 0 bridgehead atoms. The summed E-state index contributed by atoms with van der Waals surface area (Å²) >= 11 is 0. The number of allylic oxidation sites excluding steroid dienone is 2. The summed E-state index contributed by atoms with van der Waals surface area (Å²) in [4.78, 5) is 2.32. The largest absolute Gasteiger partial charge is 0.439 e. The van der Waals surface area contributed by atoms with Gasteiger partial charge in [0.15, 0.2) is 12.3 Å². The van der Waals surface area contributed by atoms with Crippen molar-refractivity contribution >= 4 is 22.9 Å². The van der Waals surface area contributed by atoms with Crippen molar-refractivity contribution < 1.29 is 13.7 Å². The number of anilines is 1. The van der Waals surface area contributed by atoms with Crippen LogP contribution in [-0.2, 0) is 6.54 Å².